The van der Waals surface area contributed by atoms with Gasteiger partial charge in [0.25, 0.3) is 0 Å². The summed E-state index contributed by atoms with van der Waals surface area (Å²) in [7, 11) is 0. The van der Waals surface area contributed by atoms with E-state index in [1.54, 1.807) is 37.2 Å². The molecule has 1 aromatic carbocycles. The maximum Gasteiger partial charge on any atom is 0.246 e. The molecule has 1 N–H and O–H groups in total. The van der Waals surface area contributed by atoms with Crippen molar-refractivity contribution in [1.82, 2.24) is 9.88 Å². The van der Waals surface area contributed by atoms with Crippen LogP contribution in [-0.4, -0.2) is 33.0 Å². The number of rotatable bonds is 6. The quantitative estimate of drug-likeness (QED) is 0.835. The fourth-order valence-corrected chi connectivity index (χ4v) is 2.23. The zero-order chi connectivity index (χ0) is 16.7. The van der Waals surface area contributed by atoms with Crippen LogP contribution in [0.1, 0.15) is 25.0 Å². The molecule has 4 nitrogen and oxygen atoms in total. The van der Waals surface area contributed by atoms with Crippen molar-refractivity contribution in [3.05, 3.63) is 72.1 Å². The van der Waals surface area contributed by atoms with Crippen LogP contribution >= 0.6 is 0 Å². The van der Waals surface area contributed by atoms with E-state index < -0.39 is 5.60 Å². The SMILES string of the molecule is CC(C)(O)CN(Cc1ccccc1)C(=O)/C=C/c1cccnc1. The van der Waals surface area contributed by atoms with Gasteiger partial charge < -0.3 is 10.0 Å². The Morgan fingerprint density at radius 3 is 2.57 bits per heavy atom. The van der Waals surface area contributed by atoms with Gasteiger partial charge in [-0.2, -0.15) is 0 Å². The molecule has 0 fully saturated rings. The van der Waals surface area contributed by atoms with Gasteiger partial charge in [-0.3, -0.25) is 9.78 Å². The summed E-state index contributed by atoms with van der Waals surface area (Å²) < 4.78 is 0. The highest BCUT2D eigenvalue weighted by Crippen LogP contribution is 2.11. The van der Waals surface area contributed by atoms with E-state index in [4.69, 9.17) is 0 Å². The first-order valence-corrected chi connectivity index (χ1v) is 7.57. The molecule has 4 heteroatoms. The lowest BCUT2D eigenvalue weighted by atomic mass is 10.1. The molecular weight excluding hydrogens is 288 g/mol. The van der Waals surface area contributed by atoms with Crippen molar-refractivity contribution in [2.24, 2.45) is 0 Å². The van der Waals surface area contributed by atoms with E-state index in [0.717, 1.165) is 11.1 Å². The molecule has 2 rings (SSSR count). The second kappa shape index (κ2) is 7.70. The topological polar surface area (TPSA) is 53.4 Å². The van der Waals surface area contributed by atoms with Crippen molar-refractivity contribution in [3.63, 3.8) is 0 Å². The summed E-state index contributed by atoms with van der Waals surface area (Å²) in [6.07, 6.45) is 6.64. The Morgan fingerprint density at radius 2 is 1.96 bits per heavy atom. The van der Waals surface area contributed by atoms with Gasteiger partial charge in [-0.05, 0) is 37.1 Å². The number of carbonyl (C=O) groups excluding carboxylic acids is 1. The predicted molar refractivity (Wildman–Crippen MR) is 91.4 cm³/mol. The van der Waals surface area contributed by atoms with Crippen molar-refractivity contribution in [2.45, 2.75) is 26.0 Å². The summed E-state index contributed by atoms with van der Waals surface area (Å²) in [6.45, 7) is 4.12. The van der Waals surface area contributed by atoms with Crippen LogP contribution in [0.15, 0.2) is 60.9 Å². The lowest BCUT2D eigenvalue weighted by Gasteiger charge is -2.28. The van der Waals surface area contributed by atoms with Gasteiger partial charge in [-0.25, -0.2) is 0 Å². The van der Waals surface area contributed by atoms with Crippen molar-refractivity contribution >= 4 is 12.0 Å². The molecule has 0 aliphatic rings. The number of carbonyl (C=O) groups is 1. The van der Waals surface area contributed by atoms with E-state index in [0.29, 0.717) is 6.54 Å². The number of aromatic nitrogens is 1. The molecule has 23 heavy (non-hydrogen) atoms. The van der Waals surface area contributed by atoms with Crippen LogP contribution in [-0.2, 0) is 11.3 Å². The maximum absolute atomic E-state index is 12.5. The molecule has 0 radical (unpaired) electrons. The molecule has 0 spiro atoms. The van der Waals surface area contributed by atoms with Crippen molar-refractivity contribution in [1.29, 1.82) is 0 Å². The number of pyridine rings is 1. The zero-order valence-corrected chi connectivity index (χ0v) is 13.5. The lowest BCUT2D eigenvalue weighted by Crippen LogP contribution is -2.41. The summed E-state index contributed by atoms with van der Waals surface area (Å²) >= 11 is 0. The van der Waals surface area contributed by atoms with Crippen LogP contribution < -0.4 is 0 Å². The third kappa shape index (κ3) is 6.04. The number of hydrogen-bond donors (Lipinski definition) is 1. The van der Waals surface area contributed by atoms with Gasteiger partial charge in [-0.15, -0.1) is 0 Å². The van der Waals surface area contributed by atoms with Crippen LogP contribution in [0.3, 0.4) is 0 Å². The Labute approximate surface area is 137 Å². The Bertz CT molecular complexity index is 646. The molecule has 120 valence electrons. The fraction of sp³-hybridized carbons (Fsp3) is 0.263. The van der Waals surface area contributed by atoms with E-state index >= 15 is 0 Å². The standard InChI is InChI=1S/C19H22N2O2/c1-19(2,23)15-21(14-17-7-4-3-5-8-17)18(22)11-10-16-9-6-12-20-13-16/h3-13,23H,14-15H2,1-2H3/b11-10+. The van der Waals surface area contributed by atoms with Crippen LogP contribution in [0.5, 0.6) is 0 Å². The highest BCUT2D eigenvalue weighted by molar-refractivity contribution is 5.91. The largest absolute Gasteiger partial charge is 0.389 e. The molecule has 1 amide bonds. The molecule has 1 heterocycles. The van der Waals surface area contributed by atoms with Crippen LogP contribution in [0.2, 0.25) is 0 Å². The summed E-state index contributed by atoms with van der Waals surface area (Å²) in [5.41, 5.74) is 0.940. The van der Waals surface area contributed by atoms with Crippen molar-refractivity contribution < 1.29 is 9.90 Å². The Hall–Kier alpha value is -2.46. The van der Waals surface area contributed by atoms with E-state index in [9.17, 15) is 9.90 Å². The van der Waals surface area contributed by atoms with E-state index in [-0.39, 0.29) is 12.5 Å². The molecule has 0 saturated carbocycles. The lowest BCUT2D eigenvalue weighted by molar-refractivity contribution is -0.129. The summed E-state index contributed by atoms with van der Waals surface area (Å²) in [6, 6.07) is 13.5. The summed E-state index contributed by atoms with van der Waals surface area (Å²) in [4.78, 5) is 18.2. The molecule has 0 unspecified atom stereocenters. The van der Waals surface area contributed by atoms with Gasteiger partial charge in [0, 0.05) is 31.6 Å². The number of aliphatic hydroxyl groups is 1. The average molecular weight is 310 g/mol. The average Bonchev–Trinajstić information content (AvgIpc) is 2.53. The second-order valence-electron chi connectivity index (χ2n) is 6.11. The van der Waals surface area contributed by atoms with Crippen molar-refractivity contribution in [3.8, 4) is 0 Å². The molecule has 0 bridgehead atoms. The molecule has 0 saturated heterocycles. The molecule has 0 atom stereocenters. The predicted octanol–water partition coefficient (Wildman–Crippen LogP) is 2.89. The highest BCUT2D eigenvalue weighted by Gasteiger charge is 2.21. The normalized spacial score (nSPS) is 11.6. The third-order valence-corrected chi connectivity index (χ3v) is 3.21. The first-order valence-electron chi connectivity index (χ1n) is 7.57. The number of nitrogens with zero attached hydrogens (tertiary/aromatic N) is 2. The summed E-state index contributed by atoms with van der Waals surface area (Å²) in [5, 5.41) is 10.1. The zero-order valence-electron chi connectivity index (χ0n) is 13.5. The minimum atomic E-state index is -0.952. The Morgan fingerprint density at radius 1 is 1.22 bits per heavy atom. The van der Waals surface area contributed by atoms with Crippen molar-refractivity contribution in [2.75, 3.05) is 6.54 Å². The Balaban J connectivity index is 2.12. The smallest absolute Gasteiger partial charge is 0.246 e. The van der Waals surface area contributed by atoms with Gasteiger partial charge in [0.15, 0.2) is 0 Å². The first-order chi connectivity index (χ1) is 10.9. The number of benzene rings is 1. The minimum absolute atomic E-state index is 0.139. The molecule has 2 aromatic rings. The second-order valence-corrected chi connectivity index (χ2v) is 6.11. The minimum Gasteiger partial charge on any atom is -0.389 e. The highest BCUT2D eigenvalue weighted by atomic mass is 16.3. The molecule has 1 aromatic heterocycles. The molecular formula is C19H22N2O2. The van der Waals surface area contributed by atoms with Crippen LogP contribution in [0.25, 0.3) is 6.08 Å². The fourth-order valence-electron chi connectivity index (χ4n) is 2.23. The van der Waals surface area contributed by atoms with Gasteiger partial charge >= 0.3 is 0 Å². The molecule has 0 aliphatic heterocycles. The molecule has 0 aliphatic carbocycles. The third-order valence-electron chi connectivity index (χ3n) is 3.21. The van der Waals surface area contributed by atoms with Gasteiger partial charge in [0.2, 0.25) is 5.91 Å². The first kappa shape index (κ1) is 16.9. The number of hydrogen-bond acceptors (Lipinski definition) is 3. The van der Waals surface area contributed by atoms with Gasteiger partial charge in [-0.1, -0.05) is 36.4 Å². The van der Waals surface area contributed by atoms with E-state index in [2.05, 4.69) is 4.98 Å². The van der Waals surface area contributed by atoms with Crippen LogP contribution in [0.4, 0.5) is 0 Å². The van der Waals surface area contributed by atoms with E-state index in [1.165, 1.54) is 6.08 Å². The van der Waals surface area contributed by atoms with E-state index in [1.807, 2.05) is 42.5 Å². The van der Waals surface area contributed by atoms with Gasteiger partial charge in [0.05, 0.1) is 5.60 Å². The van der Waals surface area contributed by atoms with Crippen LogP contribution in [0, 0.1) is 0 Å². The monoisotopic (exact) mass is 310 g/mol. The maximum atomic E-state index is 12.5. The van der Waals surface area contributed by atoms with Gasteiger partial charge in [0.1, 0.15) is 0 Å². The number of amides is 1. The Kier molecular flexibility index (Phi) is 5.66. The summed E-state index contributed by atoms with van der Waals surface area (Å²) in [5.74, 6) is -0.139.